The summed E-state index contributed by atoms with van der Waals surface area (Å²) in [6.45, 7) is 6.43. The highest BCUT2D eigenvalue weighted by Crippen LogP contribution is 2.30. The van der Waals surface area contributed by atoms with Crippen molar-refractivity contribution in [2.75, 3.05) is 39.5 Å². The van der Waals surface area contributed by atoms with Crippen molar-refractivity contribution in [3.05, 3.63) is 82.2 Å². The van der Waals surface area contributed by atoms with Crippen molar-refractivity contribution in [1.82, 2.24) is 15.1 Å². The normalized spacial score (nSPS) is 18.7. The quantitative estimate of drug-likeness (QED) is 0.397. The number of carbonyl (C=O) groups is 2. The van der Waals surface area contributed by atoms with E-state index in [0.717, 1.165) is 25.9 Å². The Kier molecular flexibility index (Phi) is 9.03. The maximum atomic E-state index is 14.1. The maximum absolute atomic E-state index is 14.1. The number of benzene rings is 1. The number of nitrogens with one attached hydrogen (secondary N) is 1. The van der Waals surface area contributed by atoms with Gasteiger partial charge in [-0.05, 0) is 55.7 Å². The minimum absolute atomic E-state index is 0.0477. The summed E-state index contributed by atoms with van der Waals surface area (Å²) in [5.74, 6) is 1.02. The van der Waals surface area contributed by atoms with E-state index in [1.165, 1.54) is 4.90 Å². The van der Waals surface area contributed by atoms with Crippen LogP contribution in [-0.2, 0) is 27.4 Å². The third-order valence-corrected chi connectivity index (χ3v) is 7.40. The van der Waals surface area contributed by atoms with Crippen LogP contribution >= 0.6 is 11.6 Å². The van der Waals surface area contributed by atoms with Gasteiger partial charge in [0.05, 0.1) is 25.9 Å². The fourth-order valence-corrected chi connectivity index (χ4v) is 5.13. The van der Waals surface area contributed by atoms with Gasteiger partial charge in [0.1, 0.15) is 17.3 Å². The summed E-state index contributed by atoms with van der Waals surface area (Å²) in [5.41, 5.74) is 0.702. The largest absolute Gasteiger partial charge is 0.464 e. The first-order chi connectivity index (χ1) is 19.0. The van der Waals surface area contributed by atoms with Crippen LogP contribution in [0.25, 0.3) is 0 Å². The molecule has 4 heterocycles. The van der Waals surface area contributed by atoms with Crippen molar-refractivity contribution in [3.63, 3.8) is 0 Å². The fourth-order valence-electron chi connectivity index (χ4n) is 4.93. The van der Waals surface area contributed by atoms with Crippen LogP contribution in [0.1, 0.15) is 52.3 Å². The number of carbonyl (C=O) groups excluding carboxylic acids is 2. The van der Waals surface area contributed by atoms with E-state index in [1.807, 2.05) is 18.2 Å². The topological polar surface area (TPSA) is 97.4 Å². The van der Waals surface area contributed by atoms with Crippen LogP contribution in [-0.4, -0.2) is 67.2 Å². The third kappa shape index (κ3) is 6.91. The summed E-state index contributed by atoms with van der Waals surface area (Å²) in [7, 11) is 0. The van der Waals surface area contributed by atoms with Crippen LogP contribution in [0.5, 0.6) is 0 Å². The number of ether oxygens (including phenoxy) is 2. The molecule has 0 saturated carbocycles. The Morgan fingerprint density at radius 1 is 1.08 bits per heavy atom. The van der Waals surface area contributed by atoms with Gasteiger partial charge < -0.3 is 28.5 Å². The lowest BCUT2D eigenvalue weighted by Gasteiger charge is -2.30. The molecule has 0 radical (unpaired) electrons. The van der Waals surface area contributed by atoms with E-state index in [2.05, 4.69) is 10.2 Å². The van der Waals surface area contributed by atoms with Crippen LogP contribution in [0.4, 0.5) is 0 Å². The number of aryl methyl sites for hydroxylation is 1. The molecule has 0 spiro atoms. The zero-order valence-electron chi connectivity index (χ0n) is 22.1. The molecule has 2 fully saturated rings. The number of hydrogen-bond acceptors (Lipinski definition) is 7. The Morgan fingerprint density at radius 3 is 2.62 bits per heavy atom. The lowest BCUT2D eigenvalue weighted by atomic mass is 10.1. The van der Waals surface area contributed by atoms with Crippen molar-refractivity contribution >= 4 is 23.4 Å². The van der Waals surface area contributed by atoms with Crippen molar-refractivity contribution in [2.24, 2.45) is 0 Å². The van der Waals surface area contributed by atoms with Gasteiger partial charge in [0.25, 0.3) is 11.8 Å². The van der Waals surface area contributed by atoms with E-state index in [9.17, 15) is 9.59 Å². The highest BCUT2D eigenvalue weighted by molar-refractivity contribution is 6.31. The number of morpholine rings is 1. The first-order valence-corrected chi connectivity index (χ1v) is 13.7. The van der Waals surface area contributed by atoms with Crippen LogP contribution in [0.2, 0.25) is 5.02 Å². The average molecular weight is 556 g/mol. The predicted molar refractivity (Wildman–Crippen MR) is 144 cm³/mol. The minimum atomic E-state index is -1.04. The van der Waals surface area contributed by atoms with Gasteiger partial charge in [-0.25, -0.2) is 0 Å². The molecule has 2 aliphatic rings. The van der Waals surface area contributed by atoms with E-state index in [1.54, 1.807) is 37.3 Å². The number of halogens is 1. The van der Waals surface area contributed by atoms with Gasteiger partial charge in [0.2, 0.25) is 0 Å². The standard InChI is InChI=1S/C29H34ClN3O6/c1-20-8-10-25(38-20)27(28(34)31-17-22-6-4-14-37-22)33(18-21-5-2-3-7-24(21)30)29(35)26-11-9-23(39-26)19-32-12-15-36-16-13-32/h2-3,5,7-11,22,27H,4,6,12-19H2,1H3,(H,31,34). The average Bonchev–Trinajstić information content (AvgIpc) is 3.72. The second kappa shape index (κ2) is 12.8. The molecule has 2 amide bonds. The van der Waals surface area contributed by atoms with Crippen molar-refractivity contribution < 1.29 is 27.9 Å². The van der Waals surface area contributed by atoms with Gasteiger partial charge in [-0.3, -0.25) is 14.5 Å². The second-order valence-corrected chi connectivity index (χ2v) is 10.3. The van der Waals surface area contributed by atoms with Crippen LogP contribution in [0.15, 0.2) is 57.4 Å². The molecule has 5 rings (SSSR count). The molecule has 0 aliphatic carbocycles. The van der Waals surface area contributed by atoms with E-state index >= 15 is 0 Å². The molecule has 3 aromatic rings. The Labute approximate surface area is 233 Å². The van der Waals surface area contributed by atoms with Crippen molar-refractivity contribution in [3.8, 4) is 0 Å². The van der Waals surface area contributed by atoms with E-state index in [4.69, 9.17) is 29.9 Å². The van der Waals surface area contributed by atoms with Crippen LogP contribution < -0.4 is 5.32 Å². The summed E-state index contributed by atoms with van der Waals surface area (Å²) in [4.78, 5) is 31.5. The molecule has 2 atom stereocenters. The van der Waals surface area contributed by atoms with Gasteiger partial charge in [-0.2, -0.15) is 0 Å². The molecule has 39 heavy (non-hydrogen) atoms. The van der Waals surface area contributed by atoms with Crippen molar-refractivity contribution in [1.29, 1.82) is 0 Å². The molecule has 0 bridgehead atoms. The number of amides is 2. The molecule has 9 nitrogen and oxygen atoms in total. The summed E-state index contributed by atoms with van der Waals surface area (Å²) in [5, 5.41) is 3.48. The van der Waals surface area contributed by atoms with E-state index in [-0.39, 0.29) is 24.3 Å². The Hall–Kier alpha value is -3.11. The second-order valence-electron chi connectivity index (χ2n) is 9.91. The number of rotatable bonds is 10. The van der Waals surface area contributed by atoms with Gasteiger partial charge in [0.15, 0.2) is 11.8 Å². The molecule has 1 aromatic carbocycles. The molecule has 2 aromatic heterocycles. The Bertz CT molecular complexity index is 1260. The summed E-state index contributed by atoms with van der Waals surface area (Å²) in [6, 6.07) is 13.2. The minimum Gasteiger partial charge on any atom is -0.464 e. The highest BCUT2D eigenvalue weighted by Gasteiger charge is 2.36. The van der Waals surface area contributed by atoms with Gasteiger partial charge >= 0.3 is 0 Å². The summed E-state index contributed by atoms with van der Waals surface area (Å²) < 4.78 is 23.0. The Morgan fingerprint density at radius 2 is 1.90 bits per heavy atom. The van der Waals surface area contributed by atoms with Crippen molar-refractivity contribution in [2.45, 2.75) is 45.0 Å². The van der Waals surface area contributed by atoms with Gasteiger partial charge in [0, 0.05) is 37.8 Å². The molecular formula is C29H34ClN3O6. The molecule has 2 saturated heterocycles. The first kappa shape index (κ1) is 27.5. The summed E-state index contributed by atoms with van der Waals surface area (Å²) >= 11 is 6.50. The SMILES string of the molecule is Cc1ccc(C(C(=O)NCC2CCCO2)N(Cc2ccccc2Cl)C(=O)c2ccc(CN3CCOCC3)o2)o1. The number of nitrogens with zero attached hydrogens (tertiary/aromatic N) is 2. The molecular weight excluding hydrogens is 522 g/mol. The third-order valence-electron chi connectivity index (χ3n) is 7.03. The molecule has 10 heteroatoms. The predicted octanol–water partition coefficient (Wildman–Crippen LogP) is 4.35. The zero-order valence-corrected chi connectivity index (χ0v) is 22.8. The van der Waals surface area contributed by atoms with Crippen LogP contribution in [0, 0.1) is 6.92 Å². The molecule has 2 unspecified atom stereocenters. The zero-order chi connectivity index (χ0) is 27.2. The van der Waals surface area contributed by atoms with E-state index < -0.39 is 11.9 Å². The fraction of sp³-hybridized carbons (Fsp3) is 0.448. The lowest BCUT2D eigenvalue weighted by Crippen LogP contribution is -2.45. The van der Waals surface area contributed by atoms with Gasteiger partial charge in [-0.15, -0.1) is 0 Å². The lowest BCUT2D eigenvalue weighted by molar-refractivity contribution is -0.127. The smallest absolute Gasteiger partial charge is 0.290 e. The summed E-state index contributed by atoms with van der Waals surface area (Å²) in [6.07, 6.45) is 1.79. The number of furan rings is 2. The first-order valence-electron chi connectivity index (χ1n) is 13.4. The highest BCUT2D eigenvalue weighted by atomic mass is 35.5. The molecule has 1 N–H and O–H groups in total. The monoisotopic (exact) mass is 555 g/mol. The molecule has 208 valence electrons. The van der Waals surface area contributed by atoms with Gasteiger partial charge in [-0.1, -0.05) is 29.8 Å². The Balaban J connectivity index is 1.44. The van der Waals surface area contributed by atoms with E-state index in [0.29, 0.717) is 60.8 Å². The number of hydrogen-bond donors (Lipinski definition) is 1. The maximum Gasteiger partial charge on any atom is 0.290 e. The van der Waals surface area contributed by atoms with Crippen LogP contribution in [0.3, 0.4) is 0 Å². The molecule has 2 aliphatic heterocycles.